The highest BCUT2D eigenvalue weighted by atomic mass is 16.5. The highest BCUT2D eigenvalue weighted by molar-refractivity contribution is 5.77. The average Bonchev–Trinajstić information content (AvgIpc) is 2.90. The van der Waals surface area contributed by atoms with E-state index in [1.807, 2.05) is 25.1 Å². The fourth-order valence-corrected chi connectivity index (χ4v) is 2.63. The normalized spacial score (nSPS) is 15.4. The summed E-state index contributed by atoms with van der Waals surface area (Å²) in [6.07, 6.45) is 4.02. The lowest BCUT2D eigenvalue weighted by atomic mass is 10.1. The number of likely N-dealkylation sites (tertiary alicyclic amines) is 1. The molecule has 0 radical (unpaired) electrons. The summed E-state index contributed by atoms with van der Waals surface area (Å²) >= 11 is 0. The Hall–Kier alpha value is -1.55. The van der Waals surface area contributed by atoms with Crippen LogP contribution in [0.1, 0.15) is 30.4 Å². The number of carbonyl (C=O) groups is 1. The summed E-state index contributed by atoms with van der Waals surface area (Å²) in [6, 6.07) is 5.82. The van der Waals surface area contributed by atoms with E-state index < -0.39 is 0 Å². The largest absolute Gasteiger partial charge is 0.494 e. The zero-order chi connectivity index (χ0) is 14.4. The molecule has 2 rings (SSSR count). The van der Waals surface area contributed by atoms with E-state index in [9.17, 15) is 4.79 Å². The van der Waals surface area contributed by atoms with E-state index in [0.29, 0.717) is 6.42 Å². The Balaban J connectivity index is 1.75. The molecule has 110 valence electrons. The number of amides is 1. The topological polar surface area (TPSA) is 55.6 Å². The maximum atomic E-state index is 10.9. The Morgan fingerprint density at radius 3 is 2.75 bits per heavy atom. The summed E-state index contributed by atoms with van der Waals surface area (Å²) in [7, 11) is 0. The molecule has 1 fully saturated rings. The lowest BCUT2D eigenvalue weighted by Crippen LogP contribution is -2.21. The van der Waals surface area contributed by atoms with Crippen molar-refractivity contribution in [2.75, 3.05) is 26.2 Å². The van der Waals surface area contributed by atoms with Gasteiger partial charge in [0.15, 0.2) is 0 Å². The number of aryl methyl sites for hydroxylation is 1. The Morgan fingerprint density at radius 2 is 2.10 bits per heavy atom. The molecule has 1 aliphatic rings. The summed E-state index contributed by atoms with van der Waals surface area (Å²) in [5.41, 5.74) is 7.24. The summed E-state index contributed by atoms with van der Waals surface area (Å²) in [5, 5.41) is 0. The molecule has 0 bridgehead atoms. The van der Waals surface area contributed by atoms with Gasteiger partial charge in [0.25, 0.3) is 0 Å². The molecule has 1 aromatic rings. The van der Waals surface area contributed by atoms with Crippen molar-refractivity contribution in [1.29, 1.82) is 0 Å². The van der Waals surface area contributed by atoms with E-state index in [1.165, 1.54) is 25.9 Å². The number of benzene rings is 1. The van der Waals surface area contributed by atoms with Crippen LogP contribution >= 0.6 is 0 Å². The van der Waals surface area contributed by atoms with Crippen LogP contribution in [0.2, 0.25) is 0 Å². The van der Waals surface area contributed by atoms with E-state index in [2.05, 4.69) is 4.90 Å². The van der Waals surface area contributed by atoms with Crippen molar-refractivity contribution in [3.05, 3.63) is 29.3 Å². The minimum Gasteiger partial charge on any atom is -0.494 e. The van der Waals surface area contributed by atoms with Crippen LogP contribution in [0.3, 0.4) is 0 Å². The number of hydrogen-bond donors (Lipinski definition) is 1. The third-order valence-electron chi connectivity index (χ3n) is 3.76. The maximum Gasteiger partial charge on any atom is 0.221 e. The van der Waals surface area contributed by atoms with Gasteiger partial charge in [-0.05, 0) is 62.5 Å². The number of nitrogens with two attached hydrogens (primary N) is 1. The van der Waals surface area contributed by atoms with Crippen LogP contribution in [0, 0.1) is 6.92 Å². The zero-order valence-electron chi connectivity index (χ0n) is 12.2. The molecule has 1 aromatic carbocycles. The fraction of sp³-hybridized carbons (Fsp3) is 0.562. The quantitative estimate of drug-likeness (QED) is 0.774. The molecule has 4 nitrogen and oxygen atoms in total. The van der Waals surface area contributed by atoms with Crippen molar-refractivity contribution in [1.82, 2.24) is 4.90 Å². The van der Waals surface area contributed by atoms with Gasteiger partial charge in [-0.3, -0.25) is 4.79 Å². The molecule has 0 spiro atoms. The van der Waals surface area contributed by atoms with E-state index in [1.54, 1.807) is 0 Å². The minimum absolute atomic E-state index is 0.293. The van der Waals surface area contributed by atoms with Crippen LogP contribution in [0.5, 0.6) is 5.75 Å². The zero-order valence-corrected chi connectivity index (χ0v) is 12.2. The predicted molar refractivity (Wildman–Crippen MR) is 79.9 cm³/mol. The number of ether oxygens (including phenoxy) is 1. The van der Waals surface area contributed by atoms with Gasteiger partial charge >= 0.3 is 0 Å². The van der Waals surface area contributed by atoms with Gasteiger partial charge in [0, 0.05) is 6.54 Å². The molecule has 0 saturated carbocycles. The Labute approximate surface area is 120 Å². The van der Waals surface area contributed by atoms with Crippen LogP contribution in [0.15, 0.2) is 18.2 Å². The highest BCUT2D eigenvalue weighted by Crippen LogP contribution is 2.18. The van der Waals surface area contributed by atoms with Crippen LogP contribution in [0.25, 0.3) is 0 Å². The molecule has 2 N–H and O–H groups in total. The van der Waals surface area contributed by atoms with Gasteiger partial charge < -0.3 is 15.4 Å². The number of carbonyl (C=O) groups excluding carboxylic acids is 1. The van der Waals surface area contributed by atoms with Crippen LogP contribution in [-0.2, 0) is 11.2 Å². The first kappa shape index (κ1) is 14.9. The van der Waals surface area contributed by atoms with Crippen molar-refractivity contribution in [3.8, 4) is 5.75 Å². The number of nitrogens with zero attached hydrogens (tertiary/aromatic N) is 1. The molecular formula is C16H24N2O2. The molecule has 0 aromatic heterocycles. The molecule has 1 heterocycles. The van der Waals surface area contributed by atoms with Gasteiger partial charge in [-0.1, -0.05) is 6.07 Å². The molecule has 1 amide bonds. The van der Waals surface area contributed by atoms with Crippen molar-refractivity contribution in [3.63, 3.8) is 0 Å². The highest BCUT2D eigenvalue weighted by Gasteiger charge is 2.10. The second-order valence-corrected chi connectivity index (χ2v) is 5.48. The van der Waals surface area contributed by atoms with Crippen molar-refractivity contribution >= 4 is 5.91 Å². The smallest absolute Gasteiger partial charge is 0.221 e. The monoisotopic (exact) mass is 276 g/mol. The molecule has 0 unspecified atom stereocenters. The third-order valence-corrected chi connectivity index (χ3v) is 3.76. The first-order valence-electron chi connectivity index (χ1n) is 7.38. The van der Waals surface area contributed by atoms with Crippen molar-refractivity contribution in [2.24, 2.45) is 5.73 Å². The molecule has 4 heteroatoms. The van der Waals surface area contributed by atoms with E-state index >= 15 is 0 Å². The van der Waals surface area contributed by atoms with Crippen LogP contribution < -0.4 is 10.5 Å². The minimum atomic E-state index is -0.299. The van der Waals surface area contributed by atoms with Gasteiger partial charge in [-0.25, -0.2) is 0 Å². The van der Waals surface area contributed by atoms with Crippen LogP contribution in [-0.4, -0.2) is 37.0 Å². The third kappa shape index (κ3) is 4.53. The van der Waals surface area contributed by atoms with Gasteiger partial charge in [-0.2, -0.15) is 0 Å². The molecule has 0 aliphatic carbocycles. The number of hydrogen-bond acceptors (Lipinski definition) is 3. The van der Waals surface area contributed by atoms with Gasteiger partial charge in [0.2, 0.25) is 5.91 Å². The predicted octanol–water partition coefficient (Wildman–Crippen LogP) is 1.89. The molecule has 20 heavy (non-hydrogen) atoms. The van der Waals surface area contributed by atoms with E-state index in [0.717, 1.165) is 36.4 Å². The SMILES string of the molecule is Cc1cc(OCCCN2CCCC2)ccc1CC(N)=O. The van der Waals surface area contributed by atoms with Gasteiger partial charge in [-0.15, -0.1) is 0 Å². The molecule has 1 aliphatic heterocycles. The van der Waals surface area contributed by atoms with E-state index in [4.69, 9.17) is 10.5 Å². The van der Waals surface area contributed by atoms with E-state index in [-0.39, 0.29) is 5.91 Å². The Kier molecular flexibility index (Phi) is 5.41. The van der Waals surface area contributed by atoms with Crippen molar-refractivity contribution in [2.45, 2.75) is 32.6 Å². The van der Waals surface area contributed by atoms with Crippen molar-refractivity contribution < 1.29 is 9.53 Å². The number of rotatable bonds is 7. The Morgan fingerprint density at radius 1 is 1.35 bits per heavy atom. The lowest BCUT2D eigenvalue weighted by molar-refractivity contribution is -0.117. The summed E-state index contributed by atoms with van der Waals surface area (Å²) in [4.78, 5) is 13.4. The van der Waals surface area contributed by atoms with Gasteiger partial charge in [0.05, 0.1) is 13.0 Å². The first-order chi connectivity index (χ1) is 9.65. The summed E-state index contributed by atoms with van der Waals surface area (Å²) in [5.74, 6) is 0.574. The molecular weight excluding hydrogens is 252 g/mol. The second kappa shape index (κ2) is 7.29. The Bertz CT molecular complexity index is 454. The fourth-order valence-electron chi connectivity index (χ4n) is 2.63. The van der Waals surface area contributed by atoms with Crippen LogP contribution in [0.4, 0.5) is 0 Å². The summed E-state index contributed by atoms with van der Waals surface area (Å²) in [6.45, 7) is 6.32. The number of primary amides is 1. The average molecular weight is 276 g/mol. The van der Waals surface area contributed by atoms with Gasteiger partial charge in [0.1, 0.15) is 5.75 Å². The standard InChI is InChI=1S/C16H24N2O2/c1-13-11-15(6-5-14(13)12-16(17)19)20-10-4-9-18-7-2-3-8-18/h5-6,11H,2-4,7-10,12H2,1H3,(H2,17,19). The molecule has 1 saturated heterocycles. The molecule has 0 atom stereocenters. The lowest BCUT2D eigenvalue weighted by Gasteiger charge is -2.14. The first-order valence-corrected chi connectivity index (χ1v) is 7.38. The second-order valence-electron chi connectivity index (χ2n) is 5.48. The summed E-state index contributed by atoms with van der Waals surface area (Å²) < 4.78 is 5.76. The maximum absolute atomic E-state index is 10.9.